The Bertz CT molecular complexity index is 1880. The Morgan fingerprint density at radius 1 is 0.389 bits per heavy atom. The molecule has 0 N–H and O–H groups in total. The molecule has 0 nitrogen and oxygen atoms in total. The molecule has 7 aromatic rings. The van der Waals surface area contributed by atoms with Crippen LogP contribution in [0.5, 0.6) is 0 Å². The fourth-order valence-electron chi connectivity index (χ4n) is 5.01. The third kappa shape index (κ3) is 3.67. The summed E-state index contributed by atoms with van der Waals surface area (Å²) in [5, 5.41) is 5.02. The average molecular weight is 481 g/mol. The molecule has 36 heavy (non-hydrogen) atoms. The zero-order valence-electron chi connectivity index (χ0n) is 19.4. The molecule has 0 amide bonds. The van der Waals surface area contributed by atoms with E-state index in [1.54, 1.807) is 0 Å². The lowest BCUT2D eigenvalue weighted by Gasteiger charge is -2.09. The number of hydrogen-bond donors (Lipinski definition) is 0. The molecule has 7 rings (SSSR count). The van der Waals surface area contributed by atoms with Crippen molar-refractivity contribution in [3.8, 4) is 33.4 Å². The van der Waals surface area contributed by atoms with Crippen LogP contribution >= 0.6 is 11.3 Å². The van der Waals surface area contributed by atoms with Crippen LogP contribution in [0, 0.1) is 5.82 Å². The summed E-state index contributed by atoms with van der Waals surface area (Å²) in [6, 6.07) is 43.9. The van der Waals surface area contributed by atoms with Crippen molar-refractivity contribution in [2.75, 3.05) is 0 Å². The summed E-state index contributed by atoms with van der Waals surface area (Å²) >= 11 is 1.85. The van der Waals surface area contributed by atoms with Crippen molar-refractivity contribution in [1.82, 2.24) is 0 Å². The van der Waals surface area contributed by atoms with Gasteiger partial charge in [0.15, 0.2) is 0 Å². The first kappa shape index (κ1) is 21.0. The number of halogens is 1. The van der Waals surface area contributed by atoms with Gasteiger partial charge in [0, 0.05) is 20.2 Å². The van der Waals surface area contributed by atoms with E-state index in [0.29, 0.717) is 0 Å². The lowest BCUT2D eigenvalue weighted by Crippen LogP contribution is -1.83. The van der Waals surface area contributed by atoms with E-state index in [9.17, 15) is 4.39 Å². The van der Waals surface area contributed by atoms with Crippen molar-refractivity contribution >= 4 is 42.3 Å². The maximum atomic E-state index is 13.3. The molecule has 0 unspecified atom stereocenters. The summed E-state index contributed by atoms with van der Waals surface area (Å²) in [6.45, 7) is 0. The second-order valence-electron chi connectivity index (χ2n) is 9.17. The summed E-state index contributed by atoms with van der Waals surface area (Å²) in [5.74, 6) is -0.214. The van der Waals surface area contributed by atoms with Crippen molar-refractivity contribution in [1.29, 1.82) is 0 Å². The van der Waals surface area contributed by atoms with E-state index in [4.69, 9.17) is 0 Å². The topological polar surface area (TPSA) is 0 Å². The van der Waals surface area contributed by atoms with Gasteiger partial charge in [0.1, 0.15) is 5.82 Å². The third-order valence-electron chi connectivity index (χ3n) is 6.95. The molecule has 1 aromatic heterocycles. The van der Waals surface area contributed by atoms with Crippen LogP contribution in [0.15, 0.2) is 127 Å². The summed E-state index contributed by atoms with van der Waals surface area (Å²) in [4.78, 5) is 0. The van der Waals surface area contributed by atoms with Gasteiger partial charge in [-0.25, -0.2) is 4.39 Å². The number of fused-ring (bicyclic) bond motifs is 4. The average Bonchev–Trinajstić information content (AvgIpc) is 3.31. The van der Waals surface area contributed by atoms with E-state index in [1.807, 2.05) is 23.5 Å². The summed E-state index contributed by atoms with van der Waals surface area (Å²) in [5.41, 5.74) is 6.93. The van der Waals surface area contributed by atoms with Gasteiger partial charge in [-0.2, -0.15) is 0 Å². The van der Waals surface area contributed by atoms with Crippen molar-refractivity contribution in [3.63, 3.8) is 0 Å². The minimum absolute atomic E-state index is 0.214. The highest BCUT2D eigenvalue weighted by atomic mass is 32.1. The first-order valence-corrected chi connectivity index (χ1v) is 12.8. The van der Waals surface area contributed by atoms with Crippen LogP contribution in [0.1, 0.15) is 0 Å². The Balaban J connectivity index is 1.23. The highest BCUT2D eigenvalue weighted by Gasteiger charge is 2.08. The molecule has 1 heterocycles. The largest absolute Gasteiger partial charge is 0.207 e. The van der Waals surface area contributed by atoms with Crippen molar-refractivity contribution in [2.24, 2.45) is 0 Å². The van der Waals surface area contributed by atoms with Gasteiger partial charge in [-0.1, -0.05) is 84.9 Å². The fraction of sp³-hybridized carbons (Fsp3) is 0. The number of thiophene rings is 1. The lowest BCUT2D eigenvalue weighted by molar-refractivity contribution is 0.628. The second kappa shape index (κ2) is 8.44. The van der Waals surface area contributed by atoms with Gasteiger partial charge in [-0.15, -0.1) is 11.3 Å². The summed E-state index contributed by atoms with van der Waals surface area (Å²) in [6.07, 6.45) is 0. The van der Waals surface area contributed by atoms with E-state index in [-0.39, 0.29) is 5.82 Å². The summed E-state index contributed by atoms with van der Waals surface area (Å²) in [7, 11) is 0. The molecule has 6 aromatic carbocycles. The Morgan fingerprint density at radius 3 is 1.56 bits per heavy atom. The van der Waals surface area contributed by atoms with Crippen LogP contribution in [0.25, 0.3) is 64.3 Å². The molecule has 0 fully saturated rings. The molecule has 0 radical (unpaired) electrons. The first-order valence-electron chi connectivity index (χ1n) is 12.0. The summed E-state index contributed by atoms with van der Waals surface area (Å²) < 4.78 is 16.0. The molecule has 0 atom stereocenters. The predicted octanol–water partition coefficient (Wildman–Crippen LogP) is 10.3. The van der Waals surface area contributed by atoms with Crippen LogP contribution < -0.4 is 0 Å². The van der Waals surface area contributed by atoms with Gasteiger partial charge in [0.05, 0.1) is 0 Å². The molecular weight excluding hydrogens is 459 g/mol. The molecule has 0 aliphatic heterocycles. The zero-order chi connectivity index (χ0) is 24.1. The highest BCUT2D eigenvalue weighted by molar-refractivity contribution is 7.25. The Morgan fingerprint density at radius 2 is 0.889 bits per heavy atom. The molecule has 170 valence electrons. The lowest BCUT2D eigenvalue weighted by atomic mass is 9.96. The minimum atomic E-state index is -0.214. The van der Waals surface area contributed by atoms with E-state index >= 15 is 0 Å². The second-order valence-corrected chi connectivity index (χ2v) is 10.3. The van der Waals surface area contributed by atoms with Gasteiger partial charge < -0.3 is 0 Å². The third-order valence-corrected chi connectivity index (χ3v) is 8.10. The van der Waals surface area contributed by atoms with Gasteiger partial charge in [-0.05, 0) is 86.6 Å². The zero-order valence-corrected chi connectivity index (χ0v) is 20.2. The molecule has 0 saturated carbocycles. The van der Waals surface area contributed by atoms with Gasteiger partial charge in [-0.3, -0.25) is 0 Å². The SMILES string of the molecule is Fc1ccc(-c2ccc3ccc(-c4ccc(-c5ccc6sc7ccccc7c6c5)cc4)cc3c2)cc1. The normalized spacial score (nSPS) is 11.5. The van der Waals surface area contributed by atoms with Gasteiger partial charge >= 0.3 is 0 Å². The van der Waals surface area contributed by atoms with E-state index in [2.05, 4.69) is 103 Å². The smallest absolute Gasteiger partial charge is 0.123 e. The van der Waals surface area contributed by atoms with Crippen LogP contribution in [-0.2, 0) is 0 Å². The molecule has 2 heteroatoms. The maximum absolute atomic E-state index is 13.3. The number of benzene rings is 6. The maximum Gasteiger partial charge on any atom is 0.123 e. The minimum Gasteiger partial charge on any atom is -0.207 e. The quantitative estimate of drug-likeness (QED) is 0.236. The fourth-order valence-corrected chi connectivity index (χ4v) is 6.10. The molecule has 0 spiro atoms. The predicted molar refractivity (Wildman–Crippen MR) is 153 cm³/mol. The highest BCUT2D eigenvalue weighted by Crippen LogP contribution is 2.37. The molecule has 0 aliphatic carbocycles. The Hall–Kier alpha value is -4.27. The van der Waals surface area contributed by atoms with Gasteiger partial charge in [0.2, 0.25) is 0 Å². The Labute approximate surface area is 212 Å². The molecule has 0 aliphatic rings. The van der Waals surface area contributed by atoms with E-state index in [1.165, 1.54) is 65.3 Å². The number of rotatable bonds is 3. The first-order chi connectivity index (χ1) is 17.7. The van der Waals surface area contributed by atoms with Crippen LogP contribution in [0.2, 0.25) is 0 Å². The van der Waals surface area contributed by atoms with Crippen molar-refractivity contribution < 1.29 is 4.39 Å². The Kier molecular flexibility index (Phi) is 4.93. The molecule has 0 bridgehead atoms. The monoisotopic (exact) mass is 480 g/mol. The van der Waals surface area contributed by atoms with Crippen LogP contribution in [0.3, 0.4) is 0 Å². The van der Waals surface area contributed by atoms with Crippen LogP contribution in [0.4, 0.5) is 4.39 Å². The van der Waals surface area contributed by atoms with Crippen molar-refractivity contribution in [3.05, 3.63) is 133 Å². The molecular formula is C34H21FS. The van der Waals surface area contributed by atoms with E-state index < -0.39 is 0 Å². The molecule has 0 saturated heterocycles. The standard InChI is InChI=1S/C34H21FS/c35-30-16-13-24(14-17-30)27-12-10-25-9-11-26(19-29(25)20-27)22-5-7-23(8-6-22)28-15-18-34-32(21-28)31-3-1-2-4-33(31)36-34/h1-21H. The van der Waals surface area contributed by atoms with Gasteiger partial charge in [0.25, 0.3) is 0 Å². The van der Waals surface area contributed by atoms with E-state index in [0.717, 1.165) is 11.1 Å². The van der Waals surface area contributed by atoms with Crippen LogP contribution in [-0.4, -0.2) is 0 Å². The van der Waals surface area contributed by atoms with Crippen molar-refractivity contribution in [2.45, 2.75) is 0 Å². The number of hydrogen-bond acceptors (Lipinski definition) is 1.